The molecule has 0 aliphatic carbocycles. The maximum absolute atomic E-state index is 12.7. The van der Waals surface area contributed by atoms with Gasteiger partial charge in [-0.25, -0.2) is 0 Å². The Morgan fingerprint density at radius 1 is 1.28 bits per heavy atom. The number of hydrogen-bond acceptors (Lipinski definition) is 4. The molecule has 0 saturated heterocycles. The number of hydrogen-bond donors (Lipinski definition) is 2. The van der Waals surface area contributed by atoms with Crippen molar-refractivity contribution in [2.75, 3.05) is 35.7 Å². The standard InChI is InChI=1S/C20H25N3O2/c1-14-9-10-18(25-4)16(11-14)21-19(24)12-23-13-20(2,3)22-15-7-5-6-8-17(15)23/h5-11,22H,12-13H2,1-4H3,(H,21,24). The van der Waals surface area contributed by atoms with Gasteiger partial charge in [0.2, 0.25) is 5.91 Å². The predicted octanol–water partition coefficient (Wildman–Crippen LogP) is 3.65. The fourth-order valence-corrected chi connectivity index (χ4v) is 3.25. The van der Waals surface area contributed by atoms with Crippen LogP contribution >= 0.6 is 0 Å². The van der Waals surface area contributed by atoms with Gasteiger partial charge in [0.25, 0.3) is 0 Å². The molecule has 0 unspecified atom stereocenters. The van der Waals surface area contributed by atoms with Crippen LogP contribution in [0.25, 0.3) is 0 Å². The minimum atomic E-state index is -0.102. The molecule has 2 aromatic carbocycles. The monoisotopic (exact) mass is 339 g/mol. The number of aryl methyl sites for hydroxylation is 1. The first-order valence-electron chi connectivity index (χ1n) is 8.45. The van der Waals surface area contributed by atoms with Gasteiger partial charge in [0, 0.05) is 12.1 Å². The minimum Gasteiger partial charge on any atom is -0.495 e. The fraction of sp³-hybridized carbons (Fsp3) is 0.350. The maximum atomic E-state index is 12.7. The average molecular weight is 339 g/mol. The molecule has 0 atom stereocenters. The van der Waals surface area contributed by atoms with Crippen molar-refractivity contribution in [1.29, 1.82) is 0 Å². The molecule has 1 aliphatic heterocycles. The van der Waals surface area contributed by atoms with E-state index in [-0.39, 0.29) is 11.4 Å². The lowest BCUT2D eigenvalue weighted by molar-refractivity contribution is -0.115. The lowest BCUT2D eigenvalue weighted by Crippen LogP contribution is -2.50. The predicted molar refractivity (Wildman–Crippen MR) is 103 cm³/mol. The van der Waals surface area contributed by atoms with Gasteiger partial charge in [-0.2, -0.15) is 0 Å². The first-order chi connectivity index (χ1) is 11.9. The van der Waals surface area contributed by atoms with E-state index < -0.39 is 0 Å². The molecule has 0 radical (unpaired) electrons. The molecule has 25 heavy (non-hydrogen) atoms. The van der Waals surface area contributed by atoms with Crippen LogP contribution in [0.5, 0.6) is 5.75 Å². The zero-order valence-corrected chi connectivity index (χ0v) is 15.2. The third-order valence-electron chi connectivity index (χ3n) is 4.27. The molecule has 5 nitrogen and oxygen atoms in total. The normalized spacial score (nSPS) is 15.1. The minimum absolute atomic E-state index is 0.0589. The van der Waals surface area contributed by atoms with Crippen molar-refractivity contribution in [3.63, 3.8) is 0 Å². The van der Waals surface area contributed by atoms with Gasteiger partial charge >= 0.3 is 0 Å². The van der Waals surface area contributed by atoms with Crippen LogP contribution < -0.4 is 20.3 Å². The maximum Gasteiger partial charge on any atom is 0.243 e. The number of anilines is 3. The van der Waals surface area contributed by atoms with Crippen molar-refractivity contribution < 1.29 is 9.53 Å². The second-order valence-electron chi connectivity index (χ2n) is 7.13. The number of ether oxygens (including phenoxy) is 1. The largest absolute Gasteiger partial charge is 0.495 e. The Bertz CT molecular complexity index is 786. The zero-order valence-electron chi connectivity index (χ0n) is 15.2. The molecule has 3 rings (SSSR count). The Labute approximate surface area is 149 Å². The number of nitrogens with one attached hydrogen (secondary N) is 2. The molecule has 132 valence electrons. The Kier molecular flexibility index (Phi) is 4.57. The van der Waals surface area contributed by atoms with Crippen molar-refractivity contribution in [3.05, 3.63) is 48.0 Å². The highest BCUT2D eigenvalue weighted by molar-refractivity contribution is 5.96. The van der Waals surface area contributed by atoms with E-state index in [1.54, 1.807) is 7.11 Å². The van der Waals surface area contributed by atoms with Crippen molar-refractivity contribution in [2.45, 2.75) is 26.3 Å². The number of rotatable bonds is 4. The van der Waals surface area contributed by atoms with Crippen LogP contribution in [0.2, 0.25) is 0 Å². The lowest BCUT2D eigenvalue weighted by atomic mass is 9.99. The molecule has 2 aromatic rings. The number of benzene rings is 2. The first-order valence-corrected chi connectivity index (χ1v) is 8.45. The van der Waals surface area contributed by atoms with E-state index in [1.807, 2.05) is 49.4 Å². The van der Waals surface area contributed by atoms with E-state index in [2.05, 4.69) is 29.4 Å². The summed E-state index contributed by atoms with van der Waals surface area (Å²) in [5.41, 5.74) is 3.78. The summed E-state index contributed by atoms with van der Waals surface area (Å²) in [6.07, 6.45) is 0. The summed E-state index contributed by atoms with van der Waals surface area (Å²) in [5.74, 6) is 0.608. The van der Waals surface area contributed by atoms with E-state index in [0.717, 1.165) is 23.5 Å². The Morgan fingerprint density at radius 3 is 2.80 bits per heavy atom. The van der Waals surface area contributed by atoms with Gasteiger partial charge in [0.1, 0.15) is 5.75 Å². The summed E-state index contributed by atoms with van der Waals surface area (Å²) in [4.78, 5) is 14.8. The van der Waals surface area contributed by atoms with Gasteiger partial charge < -0.3 is 20.3 Å². The number of carbonyl (C=O) groups is 1. The molecule has 0 saturated carbocycles. The van der Waals surface area contributed by atoms with Crippen LogP contribution in [0.4, 0.5) is 17.1 Å². The van der Waals surface area contributed by atoms with Crippen LogP contribution in [0.15, 0.2) is 42.5 Å². The van der Waals surface area contributed by atoms with E-state index in [4.69, 9.17) is 4.74 Å². The molecule has 5 heteroatoms. The summed E-state index contributed by atoms with van der Waals surface area (Å²) in [5, 5.41) is 6.50. The van der Waals surface area contributed by atoms with Gasteiger partial charge in [-0.15, -0.1) is 0 Å². The average Bonchev–Trinajstić information content (AvgIpc) is 2.54. The summed E-state index contributed by atoms with van der Waals surface area (Å²) in [6, 6.07) is 13.8. The highest BCUT2D eigenvalue weighted by atomic mass is 16.5. The summed E-state index contributed by atoms with van der Waals surface area (Å²) in [6.45, 7) is 7.31. The second-order valence-corrected chi connectivity index (χ2v) is 7.13. The van der Waals surface area contributed by atoms with Crippen LogP contribution in [0, 0.1) is 6.92 Å². The summed E-state index contributed by atoms with van der Waals surface area (Å²) in [7, 11) is 1.61. The van der Waals surface area contributed by atoms with Crippen molar-refractivity contribution in [1.82, 2.24) is 0 Å². The Hall–Kier alpha value is -2.69. The third kappa shape index (κ3) is 3.87. The number of carbonyl (C=O) groups excluding carboxylic acids is 1. The highest BCUT2D eigenvalue weighted by Crippen LogP contribution is 2.34. The number of fused-ring (bicyclic) bond motifs is 1. The molecule has 2 N–H and O–H groups in total. The van der Waals surface area contributed by atoms with Crippen molar-refractivity contribution in [3.8, 4) is 5.75 Å². The molecule has 0 spiro atoms. The Balaban J connectivity index is 1.78. The van der Waals surface area contributed by atoms with Crippen LogP contribution in [-0.2, 0) is 4.79 Å². The lowest BCUT2D eigenvalue weighted by Gasteiger charge is -2.41. The molecule has 1 heterocycles. The van der Waals surface area contributed by atoms with Crippen LogP contribution in [0.3, 0.4) is 0 Å². The Morgan fingerprint density at radius 2 is 2.04 bits per heavy atom. The quantitative estimate of drug-likeness (QED) is 0.893. The SMILES string of the molecule is COc1ccc(C)cc1NC(=O)CN1CC(C)(C)Nc2ccccc21. The highest BCUT2D eigenvalue weighted by Gasteiger charge is 2.30. The number of para-hydroxylation sites is 2. The van der Waals surface area contributed by atoms with Gasteiger partial charge in [-0.1, -0.05) is 18.2 Å². The van der Waals surface area contributed by atoms with Gasteiger partial charge in [-0.3, -0.25) is 4.79 Å². The smallest absolute Gasteiger partial charge is 0.243 e. The van der Waals surface area contributed by atoms with Crippen LogP contribution in [0.1, 0.15) is 19.4 Å². The van der Waals surface area contributed by atoms with Crippen molar-refractivity contribution in [2.24, 2.45) is 0 Å². The van der Waals surface area contributed by atoms with Gasteiger partial charge in [0.05, 0.1) is 30.7 Å². The topological polar surface area (TPSA) is 53.6 Å². The molecule has 1 aliphatic rings. The number of methoxy groups -OCH3 is 1. The van der Waals surface area contributed by atoms with Gasteiger partial charge in [0.15, 0.2) is 0 Å². The molecule has 0 fully saturated rings. The van der Waals surface area contributed by atoms with Crippen molar-refractivity contribution >= 4 is 23.0 Å². The number of amides is 1. The fourth-order valence-electron chi connectivity index (χ4n) is 3.25. The zero-order chi connectivity index (χ0) is 18.0. The van der Waals surface area contributed by atoms with E-state index in [1.165, 1.54) is 0 Å². The van der Waals surface area contributed by atoms with Gasteiger partial charge in [-0.05, 0) is 50.6 Å². The summed E-state index contributed by atoms with van der Waals surface area (Å²) >= 11 is 0. The third-order valence-corrected chi connectivity index (χ3v) is 4.27. The first kappa shape index (κ1) is 17.1. The molecular weight excluding hydrogens is 314 g/mol. The van der Waals surface area contributed by atoms with E-state index >= 15 is 0 Å². The van der Waals surface area contributed by atoms with Crippen LogP contribution in [-0.4, -0.2) is 31.6 Å². The number of nitrogens with zero attached hydrogens (tertiary/aromatic N) is 1. The summed E-state index contributed by atoms with van der Waals surface area (Å²) < 4.78 is 5.34. The molecule has 0 bridgehead atoms. The second kappa shape index (κ2) is 6.67. The molecule has 1 amide bonds. The van der Waals surface area contributed by atoms with E-state index in [9.17, 15) is 4.79 Å². The molecular formula is C20H25N3O2. The van der Waals surface area contributed by atoms with E-state index in [0.29, 0.717) is 18.0 Å². The molecule has 0 aromatic heterocycles.